The molecule has 2 saturated heterocycles. The standard InChI is InChI=1S/2C23H26FN3O3S/c2*1-4-31(3,28)27-18-9-15(2)23-20(25-14-26-21(23)12-18)10-16-5-6-17(24)11-22(16)30-19-7-8-29-13-19/h2*5-6,9,11-12,14,19H,4,7-8,10,13H2,1-3H3/t19-,31+;19-,31-/m00/s1. The summed E-state index contributed by atoms with van der Waals surface area (Å²) in [6.07, 6.45) is 8.71. The highest BCUT2D eigenvalue weighted by atomic mass is 32.2. The summed E-state index contributed by atoms with van der Waals surface area (Å²) < 4.78 is 84.3. The second kappa shape index (κ2) is 19.5. The average molecular weight is 887 g/mol. The summed E-state index contributed by atoms with van der Waals surface area (Å²) in [4.78, 5) is 17.8. The van der Waals surface area contributed by atoms with Crippen LogP contribution in [0.5, 0.6) is 11.5 Å². The Morgan fingerprint density at radius 2 is 1.06 bits per heavy atom. The van der Waals surface area contributed by atoms with Gasteiger partial charge in [-0.1, -0.05) is 26.0 Å². The van der Waals surface area contributed by atoms with Crippen molar-refractivity contribution < 1.29 is 36.1 Å². The van der Waals surface area contributed by atoms with Gasteiger partial charge in [0.05, 0.1) is 60.2 Å². The number of aryl methyl sites for hydroxylation is 2. The van der Waals surface area contributed by atoms with Gasteiger partial charge in [0.2, 0.25) is 0 Å². The van der Waals surface area contributed by atoms with Gasteiger partial charge >= 0.3 is 0 Å². The zero-order chi connectivity index (χ0) is 44.0. The van der Waals surface area contributed by atoms with Crippen molar-refractivity contribution >= 4 is 52.6 Å². The largest absolute Gasteiger partial charge is 0.488 e. The summed E-state index contributed by atoms with van der Waals surface area (Å²) >= 11 is 0. The van der Waals surface area contributed by atoms with Crippen LogP contribution in [0, 0.1) is 25.5 Å². The number of benzene rings is 4. The van der Waals surface area contributed by atoms with Crippen LogP contribution >= 0.6 is 0 Å². The third-order valence-corrected chi connectivity index (χ3v) is 14.1. The number of fused-ring (bicyclic) bond motifs is 2. The van der Waals surface area contributed by atoms with Gasteiger partial charge in [-0.05, 0) is 61.4 Å². The van der Waals surface area contributed by atoms with Crippen LogP contribution in [0.3, 0.4) is 0 Å². The van der Waals surface area contributed by atoms with Crippen molar-refractivity contribution in [1.29, 1.82) is 0 Å². The van der Waals surface area contributed by atoms with Gasteiger partial charge in [-0.2, -0.15) is 8.73 Å². The van der Waals surface area contributed by atoms with Crippen molar-refractivity contribution in [2.24, 2.45) is 8.73 Å². The Morgan fingerprint density at radius 1 is 0.645 bits per heavy atom. The molecule has 2 aliphatic rings. The highest BCUT2D eigenvalue weighted by Gasteiger charge is 2.22. The minimum Gasteiger partial charge on any atom is -0.488 e. The topological polar surface area (TPSA) is 147 Å². The first kappa shape index (κ1) is 44.9. The summed E-state index contributed by atoms with van der Waals surface area (Å²) in [5.74, 6) is 1.32. The van der Waals surface area contributed by atoms with Crippen LogP contribution in [0.1, 0.15) is 60.3 Å². The molecule has 0 spiro atoms. The molecule has 2 aliphatic heterocycles. The summed E-state index contributed by atoms with van der Waals surface area (Å²) in [6.45, 7) is 9.98. The van der Waals surface area contributed by atoms with E-state index in [0.717, 1.165) is 68.3 Å². The van der Waals surface area contributed by atoms with Gasteiger partial charge in [0.1, 0.15) is 48.0 Å². The molecule has 2 aromatic heterocycles. The second-order valence-electron chi connectivity index (χ2n) is 15.7. The molecule has 2 fully saturated rings. The maximum absolute atomic E-state index is 13.9. The van der Waals surface area contributed by atoms with E-state index >= 15 is 0 Å². The van der Waals surface area contributed by atoms with Gasteiger partial charge in [0.25, 0.3) is 0 Å². The molecular weight excluding hydrogens is 835 g/mol. The molecule has 6 aromatic rings. The van der Waals surface area contributed by atoms with Crippen LogP contribution in [0.2, 0.25) is 0 Å². The SMILES string of the molecule is CC[S@@](C)(=O)=Nc1cc(C)c2c(Cc3ccc(F)cc3O[C@H]3CCOC3)ncnc2c1.CC[S@](C)(=O)=Nc1cc(C)c2c(Cc3ccc(F)cc3O[C@H]3CCOC3)ncnc2c1. The molecule has 4 heterocycles. The Morgan fingerprint density at radius 3 is 1.44 bits per heavy atom. The lowest BCUT2D eigenvalue weighted by molar-refractivity contribution is 0.140. The zero-order valence-electron chi connectivity index (χ0n) is 35.9. The van der Waals surface area contributed by atoms with E-state index in [4.69, 9.17) is 18.9 Å². The van der Waals surface area contributed by atoms with E-state index in [-0.39, 0.29) is 23.8 Å². The molecule has 0 N–H and O–H groups in total. The highest BCUT2D eigenvalue weighted by Crippen LogP contribution is 2.33. The molecule has 0 unspecified atom stereocenters. The van der Waals surface area contributed by atoms with E-state index in [1.807, 2.05) is 52.0 Å². The fourth-order valence-electron chi connectivity index (χ4n) is 7.35. The fraction of sp³-hybridized carbons (Fsp3) is 0.391. The number of nitrogens with zero attached hydrogens (tertiary/aromatic N) is 6. The van der Waals surface area contributed by atoms with Gasteiger partial charge in [-0.15, -0.1) is 0 Å². The third-order valence-electron chi connectivity index (χ3n) is 10.8. The lowest BCUT2D eigenvalue weighted by Crippen LogP contribution is -2.17. The molecular formula is C46H52F2N6O6S2. The molecule has 8 rings (SSSR count). The first-order valence-corrected chi connectivity index (χ1v) is 24.8. The van der Waals surface area contributed by atoms with E-state index in [9.17, 15) is 17.2 Å². The Hall–Kier alpha value is -5.16. The Labute approximate surface area is 362 Å². The smallest absolute Gasteiger partial charge is 0.126 e. The van der Waals surface area contributed by atoms with Crippen LogP contribution in [0.15, 0.2) is 82.0 Å². The van der Waals surface area contributed by atoms with Gasteiger partial charge in [0.15, 0.2) is 0 Å². The van der Waals surface area contributed by atoms with Crippen molar-refractivity contribution in [2.45, 2.75) is 65.6 Å². The normalized spacial score (nSPS) is 18.1. The van der Waals surface area contributed by atoms with Crippen LogP contribution < -0.4 is 9.47 Å². The van der Waals surface area contributed by atoms with Crippen molar-refractivity contribution in [2.75, 3.05) is 50.4 Å². The third kappa shape index (κ3) is 11.3. The summed E-state index contributed by atoms with van der Waals surface area (Å²) in [7, 11) is -4.54. The predicted octanol–water partition coefficient (Wildman–Crippen LogP) is 9.17. The average Bonchev–Trinajstić information content (AvgIpc) is 3.95. The molecule has 0 amide bonds. The maximum atomic E-state index is 13.9. The number of hydrogen-bond donors (Lipinski definition) is 0. The molecule has 328 valence electrons. The first-order valence-electron chi connectivity index (χ1n) is 20.6. The molecule has 16 heteroatoms. The molecule has 12 nitrogen and oxygen atoms in total. The van der Waals surface area contributed by atoms with E-state index < -0.39 is 19.5 Å². The number of aromatic nitrogens is 4. The number of rotatable bonds is 12. The Bertz CT molecular complexity index is 2660. The zero-order valence-corrected chi connectivity index (χ0v) is 37.5. The molecule has 0 bridgehead atoms. The Kier molecular flexibility index (Phi) is 14.1. The van der Waals surface area contributed by atoms with Gasteiger partial charge in [-0.25, -0.2) is 37.1 Å². The molecule has 0 saturated carbocycles. The van der Waals surface area contributed by atoms with Crippen LogP contribution in [0.25, 0.3) is 21.8 Å². The minimum atomic E-state index is -2.27. The summed E-state index contributed by atoms with van der Waals surface area (Å²) in [5, 5.41) is 1.83. The second-order valence-corrected chi connectivity index (χ2v) is 21.1. The van der Waals surface area contributed by atoms with Gasteiger partial charge < -0.3 is 18.9 Å². The number of halogens is 2. The molecule has 0 radical (unpaired) electrons. The number of hydrogen-bond acceptors (Lipinski definition) is 12. The van der Waals surface area contributed by atoms with Crippen molar-refractivity contribution in [3.63, 3.8) is 0 Å². The molecule has 62 heavy (non-hydrogen) atoms. The minimum absolute atomic E-state index is 0.0731. The first-order chi connectivity index (χ1) is 29.7. The van der Waals surface area contributed by atoms with Crippen molar-refractivity contribution in [3.05, 3.63) is 119 Å². The summed E-state index contributed by atoms with van der Waals surface area (Å²) in [6, 6.07) is 16.7. The van der Waals surface area contributed by atoms with E-state index in [1.54, 1.807) is 24.6 Å². The predicted molar refractivity (Wildman–Crippen MR) is 240 cm³/mol. The van der Waals surface area contributed by atoms with Gasteiger partial charge in [-0.3, -0.25) is 0 Å². The van der Waals surface area contributed by atoms with Crippen LogP contribution in [-0.2, 0) is 41.8 Å². The lowest BCUT2D eigenvalue weighted by atomic mass is 10.0. The van der Waals surface area contributed by atoms with E-state index in [0.29, 0.717) is 73.6 Å². The van der Waals surface area contributed by atoms with E-state index in [1.165, 1.54) is 36.9 Å². The maximum Gasteiger partial charge on any atom is 0.126 e. The van der Waals surface area contributed by atoms with Gasteiger partial charge in [0, 0.05) is 103 Å². The quantitative estimate of drug-likeness (QED) is 0.117. The molecule has 0 aliphatic carbocycles. The van der Waals surface area contributed by atoms with Crippen molar-refractivity contribution in [3.8, 4) is 11.5 Å². The Balaban J connectivity index is 0.000000186. The molecule has 4 aromatic carbocycles. The van der Waals surface area contributed by atoms with Crippen LogP contribution in [0.4, 0.5) is 20.2 Å². The summed E-state index contributed by atoms with van der Waals surface area (Å²) in [5.41, 5.74) is 8.02. The molecule has 4 atom stereocenters. The lowest BCUT2D eigenvalue weighted by Gasteiger charge is -2.16. The monoisotopic (exact) mass is 886 g/mol. The van der Waals surface area contributed by atoms with Crippen LogP contribution in [-0.4, -0.2) is 91.0 Å². The fourth-order valence-corrected chi connectivity index (χ4v) is 8.71. The van der Waals surface area contributed by atoms with Crippen molar-refractivity contribution in [1.82, 2.24) is 19.9 Å². The van der Waals surface area contributed by atoms with E-state index in [2.05, 4.69) is 28.7 Å². The highest BCUT2D eigenvalue weighted by molar-refractivity contribution is 7.93. The number of ether oxygens (including phenoxy) is 4.